The van der Waals surface area contributed by atoms with Crippen LogP contribution in [-0.2, 0) is 9.53 Å². The maximum Gasteiger partial charge on any atom is 0.409 e. The van der Waals surface area contributed by atoms with Crippen molar-refractivity contribution in [2.75, 3.05) is 31.6 Å². The van der Waals surface area contributed by atoms with Gasteiger partial charge < -0.3 is 20.3 Å². The molecule has 1 heterocycles. The molecular weight excluding hydrogens is 306 g/mol. The van der Waals surface area contributed by atoms with E-state index in [-0.39, 0.29) is 24.6 Å². The Morgan fingerprint density at radius 3 is 2.54 bits per heavy atom. The Kier molecular flexibility index (Phi) is 6.61. The molecule has 1 aromatic rings. The summed E-state index contributed by atoms with van der Waals surface area (Å²) in [6, 6.07) is 6.15. The fourth-order valence-electron chi connectivity index (χ4n) is 2.74. The highest BCUT2D eigenvalue weighted by Gasteiger charge is 2.23. The van der Waals surface area contributed by atoms with Gasteiger partial charge in [0.25, 0.3) is 0 Å². The summed E-state index contributed by atoms with van der Waals surface area (Å²) >= 11 is 0. The minimum Gasteiger partial charge on any atom is -0.450 e. The Balaban J connectivity index is 1.71. The highest BCUT2D eigenvalue weighted by Crippen LogP contribution is 2.14. The molecule has 2 N–H and O–H groups in total. The van der Waals surface area contributed by atoms with Gasteiger partial charge in [-0.05, 0) is 56.9 Å². The molecule has 2 rings (SSSR count). The molecule has 0 spiro atoms. The Bertz CT molecular complexity index is 581. The molecule has 0 radical (unpaired) electrons. The molecule has 1 fully saturated rings. The Morgan fingerprint density at radius 1 is 1.21 bits per heavy atom. The Hall–Kier alpha value is -2.08. The standard InChI is InChI=1S/C18H27N3O3/c1-4-24-18(23)21-9-7-15(8-10-21)19-12-17(22)20-16-6-5-13(2)14(3)11-16/h5-6,11,15,19H,4,7-10,12H2,1-3H3,(H,20,22). The lowest BCUT2D eigenvalue weighted by Crippen LogP contribution is -2.46. The molecular formula is C18H27N3O3. The zero-order valence-electron chi connectivity index (χ0n) is 14.7. The molecule has 0 saturated carbocycles. The summed E-state index contributed by atoms with van der Waals surface area (Å²) in [5.41, 5.74) is 3.19. The van der Waals surface area contributed by atoms with Gasteiger partial charge in [-0.15, -0.1) is 0 Å². The van der Waals surface area contributed by atoms with Gasteiger partial charge in [0.05, 0.1) is 13.2 Å². The number of ether oxygens (including phenoxy) is 1. The van der Waals surface area contributed by atoms with Gasteiger partial charge in [0.2, 0.25) is 5.91 Å². The van der Waals surface area contributed by atoms with Crippen molar-refractivity contribution >= 4 is 17.7 Å². The van der Waals surface area contributed by atoms with Gasteiger partial charge in [0.1, 0.15) is 0 Å². The predicted octanol–water partition coefficient (Wildman–Crippen LogP) is 2.45. The molecule has 132 valence electrons. The van der Waals surface area contributed by atoms with Crippen molar-refractivity contribution in [1.82, 2.24) is 10.2 Å². The highest BCUT2D eigenvalue weighted by atomic mass is 16.6. The maximum atomic E-state index is 12.1. The molecule has 1 saturated heterocycles. The summed E-state index contributed by atoms with van der Waals surface area (Å²) in [6.07, 6.45) is 1.41. The van der Waals surface area contributed by atoms with Crippen LogP contribution in [-0.4, -0.2) is 49.2 Å². The number of aryl methyl sites for hydroxylation is 2. The molecule has 1 aromatic carbocycles. The minimum atomic E-state index is -0.247. The number of hydrogen-bond acceptors (Lipinski definition) is 4. The number of amides is 2. The second kappa shape index (κ2) is 8.68. The largest absolute Gasteiger partial charge is 0.450 e. The SMILES string of the molecule is CCOC(=O)N1CCC(NCC(=O)Nc2ccc(C)c(C)c2)CC1. The predicted molar refractivity (Wildman–Crippen MR) is 94.2 cm³/mol. The Labute approximate surface area is 143 Å². The smallest absolute Gasteiger partial charge is 0.409 e. The third kappa shape index (κ3) is 5.23. The van der Waals surface area contributed by atoms with Crippen LogP contribution in [0.3, 0.4) is 0 Å². The molecule has 0 aliphatic carbocycles. The van der Waals surface area contributed by atoms with E-state index in [2.05, 4.69) is 10.6 Å². The van der Waals surface area contributed by atoms with Crippen LogP contribution in [0.25, 0.3) is 0 Å². The van der Waals surface area contributed by atoms with Gasteiger partial charge in [0, 0.05) is 24.8 Å². The van der Waals surface area contributed by atoms with Crippen molar-refractivity contribution in [3.8, 4) is 0 Å². The monoisotopic (exact) mass is 333 g/mol. The number of nitrogens with zero attached hydrogens (tertiary/aromatic N) is 1. The number of nitrogens with one attached hydrogen (secondary N) is 2. The molecule has 1 aliphatic heterocycles. The van der Waals surface area contributed by atoms with E-state index in [9.17, 15) is 9.59 Å². The highest BCUT2D eigenvalue weighted by molar-refractivity contribution is 5.92. The van der Waals surface area contributed by atoms with Gasteiger partial charge in [0.15, 0.2) is 0 Å². The first-order valence-electron chi connectivity index (χ1n) is 8.51. The van der Waals surface area contributed by atoms with Gasteiger partial charge >= 0.3 is 6.09 Å². The number of piperidine rings is 1. The van der Waals surface area contributed by atoms with Gasteiger partial charge in [-0.3, -0.25) is 4.79 Å². The number of carbonyl (C=O) groups is 2. The molecule has 24 heavy (non-hydrogen) atoms. The molecule has 2 amide bonds. The van der Waals surface area contributed by atoms with Crippen LogP contribution in [0.2, 0.25) is 0 Å². The first-order chi connectivity index (χ1) is 11.5. The van der Waals surface area contributed by atoms with E-state index in [4.69, 9.17) is 4.74 Å². The lowest BCUT2D eigenvalue weighted by Gasteiger charge is -2.31. The first-order valence-corrected chi connectivity index (χ1v) is 8.51. The molecule has 0 unspecified atom stereocenters. The zero-order chi connectivity index (χ0) is 17.5. The number of hydrogen-bond donors (Lipinski definition) is 2. The third-order valence-corrected chi connectivity index (χ3v) is 4.36. The van der Waals surface area contributed by atoms with Crippen molar-refractivity contribution in [2.24, 2.45) is 0 Å². The molecule has 0 bridgehead atoms. The lowest BCUT2D eigenvalue weighted by molar-refractivity contribution is -0.115. The van der Waals surface area contributed by atoms with E-state index in [1.54, 1.807) is 11.8 Å². The zero-order valence-corrected chi connectivity index (χ0v) is 14.7. The number of likely N-dealkylation sites (tertiary alicyclic amines) is 1. The van der Waals surface area contributed by atoms with Crippen LogP contribution >= 0.6 is 0 Å². The molecule has 6 nitrogen and oxygen atoms in total. The summed E-state index contributed by atoms with van der Waals surface area (Å²) in [6.45, 7) is 7.88. The molecule has 6 heteroatoms. The quantitative estimate of drug-likeness (QED) is 0.868. The normalized spacial score (nSPS) is 15.2. The van der Waals surface area contributed by atoms with E-state index < -0.39 is 0 Å². The van der Waals surface area contributed by atoms with Gasteiger partial charge in [-0.25, -0.2) is 4.79 Å². The molecule has 0 atom stereocenters. The number of benzene rings is 1. The summed E-state index contributed by atoms with van der Waals surface area (Å²) in [5.74, 6) is -0.0499. The molecule has 0 aromatic heterocycles. The summed E-state index contributed by atoms with van der Waals surface area (Å²) < 4.78 is 5.00. The van der Waals surface area contributed by atoms with Crippen molar-refractivity contribution in [3.63, 3.8) is 0 Å². The fraction of sp³-hybridized carbons (Fsp3) is 0.556. The van der Waals surface area contributed by atoms with Crippen LogP contribution < -0.4 is 10.6 Å². The van der Waals surface area contributed by atoms with Crippen molar-refractivity contribution in [3.05, 3.63) is 29.3 Å². The average Bonchev–Trinajstić information content (AvgIpc) is 2.57. The van der Waals surface area contributed by atoms with Crippen LogP contribution in [0.5, 0.6) is 0 Å². The molecule has 1 aliphatic rings. The lowest BCUT2D eigenvalue weighted by atomic mass is 10.1. The first kappa shape index (κ1) is 18.3. The Morgan fingerprint density at radius 2 is 1.92 bits per heavy atom. The van der Waals surface area contributed by atoms with Crippen LogP contribution in [0, 0.1) is 13.8 Å². The average molecular weight is 333 g/mol. The third-order valence-electron chi connectivity index (χ3n) is 4.36. The van der Waals surface area contributed by atoms with Crippen molar-refractivity contribution in [1.29, 1.82) is 0 Å². The van der Waals surface area contributed by atoms with E-state index in [1.165, 1.54) is 5.56 Å². The summed E-state index contributed by atoms with van der Waals surface area (Å²) in [7, 11) is 0. The number of carbonyl (C=O) groups excluding carboxylic acids is 2. The summed E-state index contributed by atoms with van der Waals surface area (Å²) in [5, 5.41) is 6.18. The second-order valence-corrected chi connectivity index (χ2v) is 6.19. The van der Waals surface area contributed by atoms with E-state index >= 15 is 0 Å². The summed E-state index contributed by atoms with van der Waals surface area (Å²) in [4.78, 5) is 25.4. The van der Waals surface area contributed by atoms with Crippen LogP contribution in [0.4, 0.5) is 10.5 Å². The van der Waals surface area contributed by atoms with Crippen LogP contribution in [0.15, 0.2) is 18.2 Å². The van der Waals surface area contributed by atoms with E-state index in [0.29, 0.717) is 19.7 Å². The second-order valence-electron chi connectivity index (χ2n) is 6.19. The van der Waals surface area contributed by atoms with Gasteiger partial charge in [-0.1, -0.05) is 6.07 Å². The topological polar surface area (TPSA) is 70.7 Å². The van der Waals surface area contributed by atoms with Gasteiger partial charge in [-0.2, -0.15) is 0 Å². The number of anilines is 1. The number of rotatable bonds is 5. The maximum absolute atomic E-state index is 12.1. The van der Waals surface area contributed by atoms with E-state index in [0.717, 1.165) is 24.1 Å². The minimum absolute atomic E-state index is 0.0499. The van der Waals surface area contributed by atoms with E-state index in [1.807, 2.05) is 32.0 Å². The van der Waals surface area contributed by atoms with Crippen LogP contribution in [0.1, 0.15) is 30.9 Å². The van der Waals surface area contributed by atoms with Crippen molar-refractivity contribution in [2.45, 2.75) is 39.7 Å². The van der Waals surface area contributed by atoms with Crippen molar-refractivity contribution < 1.29 is 14.3 Å². The fourth-order valence-corrected chi connectivity index (χ4v) is 2.74.